The quantitative estimate of drug-likeness (QED) is 0.836. The van der Waals surface area contributed by atoms with E-state index in [4.69, 9.17) is 4.74 Å². The summed E-state index contributed by atoms with van der Waals surface area (Å²) in [6, 6.07) is 7.92. The number of benzene rings is 1. The summed E-state index contributed by atoms with van der Waals surface area (Å²) in [6.45, 7) is 3.91. The van der Waals surface area contributed by atoms with Crippen molar-refractivity contribution < 1.29 is 9.53 Å². The lowest BCUT2D eigenvalue weighted by Gasteiger charge is -2.19. The average Bonchev–Trinajstić information content (AvgIpc) is 3.02. The third-order valence-corrected chi connectivity index (χ3v) is 4.43. The number of hydrogen-bond donors (Lipinski definition) is 1. The molecule has 0 radical (unpaired) electrons. The van der Waals surface area contributed by atoms with E-state index in [1.807, 2.05) is 38.2 Å². The Morgan fingerprint density at radius 2 is 2.05 bits per heavy atom. The fourth-order valence-electron chi connectivity index (χ4n) is 2.93. The first kappa shape index (κ1) is 16.7. The average molecular weight is 304 g/mol. The maximum absolute atomic E-state index is 12.0. The van der Waals surface area contributed by atoms with Gasteiger partial charge < -0.3 is 15.0 Å². The smallest absolute Gasteiger partial charge is 0.317 e. The number of carbonyl (C=O) groups excluding carboxylic acids is 1. The van der Waals surface area contributed by atoms with Crippen LogP contribution in [0.5, 0.6) is 5.75 Å². The van der Waals surface area contributed by atoms with Crippen LogP contribution in [0.3, 0.4) is 0 Å². The molecule has 1 saturated carbocycles. The molecule has 1 aliphatic carbocycles. The molecular weight excluding hydrogens is 276 g/mol. The van der Waals surface area contributed by atoms with Gasteiger partial charge in [-0.3, -0.25) is 0 Å². The molecule has 0 saturated heterocycles. The second-order valence-corrected chi connectivity index (χ2v) is 6.21. The molecule has 4 nitrogen and oxygen atoms in total. The normalized spacial score (nSPS) is 14.8. The number of urea groups is 1. The van der Waals surface area contributed by atoms with Crippen molar-refractivity contribution in [2.75, 3.05) is 26.7 Å². The number of hydrogen-bond acceptors (Lipinski definition) is 2. The zero-order chi connectivity index (χ0) is 15.8. The minimum atomic E-state index is -0.00798. The summed E-state index contributed by atoms with van der Waals surface area (Å²) in [5.74, 6) is 1.70. The first-order valence-corrected chi connectivity index (χ1v) is 8.34. The molecular formula is C18H28N2O2. The first-order valence-electron chi connectivity index (χ1n) is 8.34. The molecule has 1 N–H and O–H groups in total. The topological polar surface area (TPSA) is 41.6 Å². The number of para-hydroxylation sites is 1. The molecule has 0 aromatic heterocycles. The summed E-state index contributed by atoms with van der Waals surface area (Å²) in [6.07, 6.45) is 6.48. The van der Waals surface area contributed by atoms with Crippen LogP contribution < -0.4 is 10.1 Å². The summed E-state index contributed by atoms with van der Waals surface area (Å²) < 4.78 is 5.72. The summed E-state index contributed by atoms with van der Waals surface area (Å²) in [7, 11) is 1.81. The predicted octanol–water partition coefficient (Wildman–Crippen LogP) is 3.60. The Labute approximate surface area is 133 Å². The first-order chi connectivity index (χ1) is 10.7. The second kappa shape index (κ2) is 8.66. The molecule has 1 aromatic carbocycles. The van der Waals surface area contributed by atoms with E-state index in [1.165, 1.54) is 25.7 Å². The molecule has 4 heteroatoms. The SMILES string of the molecule is Cc1ccccc1OCCN(C)C(=O)NCCC1CCCC1. The number of nitrogens with zero attached hydrogens (tertiary/aromatic N) is 1. The summed E-state index contributed by atoms with van der Waals surface area (Å²) >= 11 is 0. The van der Waals surface area contributed by atoms with Gasteiger partial charge in [0.25, 0.3) is 0 Å². The Balaban J connectivity index is 1.60. The van der Waals surface area contributed by atoms with Crippen LogP contribution in [0.15, 0.2) is 24.3 Å². The van der Waals surface area contributed by atoms with Gasteiger partial charge in [-0.2, -0.15) is 0 Å². The molecule has 2 amide bonds. The van der Waals surface area contributed by atoms with Crippen molar-refractivity contribution in [3.8, 4) is 5.75 Å². The van der Waals surface area contributed by atoms with E-state index >= 15 is 0 Å². The second-order valence-electron chi connectivity index (χ2n) is 6.21. The van der Waals surface area contributed by atoms with E-state index in [0.717, 1.165) is 30.2 Å². The Morgan fingerprint density at radius 3 is 2.77 bits per heavy atom. The maximum atomic E-state index is 12.0. The molecule has 0 heterocycles. The van der Waals surface area contributed by atoms with Crippen LogP contribution in [-0.2, 0) is 0 Å². The molecule has 2 rings (SSSR count). The van der Waals surface area contributed by atoms with Crippen molar-refractivity contribution in [3.05, 3.63) is 29.8 Å². The number of ether oxygens (including phenoxy) is 1. The monoisotopic (exact) mass is 304 g/mol. The standard InChI is InChI=1S/C18H28N2O2/c1-15-7-3-6-10-17(15)22-14-13-20(2)18(21)19-12-11-16-8-4-5-9-16/h3,6-7,10,16H,4-5,8-9,11-14H2,1-2H3,(H,19,21). The maximum Gasteiger partial charge on any atom is 0.317 e. The van der Waals surface area contributed by atoms with Crippen molar-refractivity contribution in [2.24, 2.45) is 5.92 Å². The number of nitrogens with one attached hydrogen (secondary N) is 1. The fraction of sp³-hybridized carbons (Fsp3) is 0.611. The summed E-state index contributed by atoms with van der Waals surface area (Å²) in [5, 5.41) is 3.00. The minimum Gasteiger partial charge on any atom is -0.491 e. The highest BCUT2D eigenvalue weighted by molar-refractivity contribution is 5.73. The molecule has 0 spiro atoms. The van der Waals surface area contributed by atoms with E-state index < -0.39 is 0 Å². The van der Waals surface area contributed by atoms with Crippen LogP contribution >= 0.6 is 0 Å². The minimum absolute atomic E-state index is 0.00798. The predicted molar refractivity (Wildman–Crippen MR) is 89.3 cm³/mol. The van der Waals surface area contributed by atoms with Gasteiger partial charge in [-0.25, -0.2) is 4.79 Å². The lowest BCUT2D eigenvalue weighted by Crippen LogP contribution is -2.40. The van der Waals surface area contributed by atoms with E-state index in [0.29, 0.717) is 13.2 Å². The van der Waals surface area contributed by atoms with Crippen LogP contribution in [0.4, 0.5) is 4.79 Å². The highest BCUT2D eigenvalue weighted by Gasteiger charge is 2.15. The van der Waals surface area contributed by atoms with Gasteiger partial charge in [0.2, 0.25) is 0 Å². The number of likely N-dealkylation sites (N-methyl/N-ethyl adjacent to an activating group) is 1. The Hall–Kier alpha value is -1.71. The zero-order valence-electron chi connectivity index (χ0n) is 13.8. The summed E-state index contributed by atoms with van der Waals surface area (Å²) in [5.41, 5.74) is 1.12. The molecule has 1 fully saturated rings. The lowest BCUT2D eigenvalue weighted by molar-refractivity contribution is 0.194. The van der Waals surface area contributed by atoms with Gasteiger partial charge in [-0.1, -0.05) is 43.9 Å². The highest BCUT2D eigenvalue weighted by atomic mass is 16.5. The molecule has 0 unspecified atom stereocenters. The molecule has 22 heavy (non-hydrogen) atoms. The van der Waals surface area contributed by atoms with Gasteiger partial charge >= 0.3 is 6.03 Å². The van der Waals surface area contributed by atoms with Gasteiger partial charge in [0.05, 0.1) is 6.54 Å². The molecule has 1 aliphatic rings. The van der Waals surface area contributed by atoms with Crippen molar-refractivity contribution >= 4 is 6.03 Å². The van der Waals surface area contributed by atoms with Gasteiger partial charge in [-0.15, -0.1) is 0 Å². The van der Waals surface area contributed by atoms with Crippen LogP contribution in [0.25, 0.3) is 0 Å². The largest absolute Gasteiger partial charge is 0.491 e. The highest BCUT2D eigenvalue weighted by Crippen LogP contribution is 2.26. The molecule has 0 aliphatic heterocycles. The van der Waals surface area contributed by atoms with Gasteiger partial charge in [0.1, 0.15) is 12.4 Å². The van der Waals surface area contributed by atoms with Crippen molar-refractivity contribution in [1.29, 1.82) is 0 Å². The Bertz CT molecular complexity index is 470. The van der Waals surface area contributed by atoms with Gasteiger partial charge in [0.15, 0.2) is 0 Å². The van der Waals surface area contributed by atoms with Gasteiger partial charge in [-0.05, 0) is 30.9 Å². The van der Waals surface area contributed by atoms with E-state index in [9.17, 15) is 4.79 Å². The van der Waals surface area contributed by atoms with E-state index in [-0.39, 0.29) is 6.03 Å². The van der Waals surface area contributed by atoms with Crippen molar-refractivity contribution in [2.45, 2.75) is 39.0 Å². The number of aryl methyl sites for hydroxylation is 1. The number of rotatable bonds is 7. The Morgan fingerprint density at radius 1 is 1.32 bits per heavy atom. The number of carbonyl (C=O) groups is 1. The zero-order valence-corrected chi connectivity index (χ0v) is 13.8. The third kappa shape index (κ3) is 5.24. The number of amides is 2. The molecule has 0 atom stereocenters. The van der Waals surface area contributed by atoms with Crippen molar-refractivity contribution in [3.63, 3.8) is 0 Å². The van der Waals surface area contributed by atoms with Crippen LogP contribution in [-0.4, -0.2) is 37.7 Å². The summed E-state index contributed by atoms with van der Waals surface area (Å²) in [4.78, 5) is 13.7. The third-order valence-electron chi connectivity index (χ3n) is 4.43. The lowest BCUT2D eigenvalue weighted by atomic mass is 10.0. The fourth-order valence-corrected chi connectivity index (χ4v) is 2.93. The molecule has 1 aromatic rings. The van der Waals surface area contributed by atoms with Gasteiger partial charge in [0, 0.05) is 13.6 Å². The van der Waals surface area contributed by atoms with Crippen LogP contribution in [0.1, 0.15) is 37.7 Å². The Kier molecular flexibility index (Phi) is 6.56. The van der Waals surface area contributed by atoms with Crippen molar-refractivity contribution in [1.82, 2.24) is 10.2 Å². The van der Waals surface area contributed by atoms with E-state index in [1.54, 1.807) is 4.90 Å². The van der Waals surface area contributed by atoms with E-state index in [2.05, 4.69) is 5.32 Å². The molecule has 122 valence electrons. The molecule has 0 bridgehead atoms. The van der Waals surface area contributed by atoms with Crippen LogP contribution in [0, 0.1) is 12.8 Å². The van der Waals surface area contributed by atoms with Crippen LogP contribution in [0.2, 0.25) is 0 Å².